The highest BCUT2D eigenvalue weighted by atomic mass is 79.9. The Hall–Kier alpha value is -1.33. The van der Waals surface area contributed by atoms with Crippen LogP contribution in [0.15, 0.2) is 28.2 Å². The molecule has 0 aliphatic carbocycles. The zero-order chi connectivity index (χ0) is 14.1. The minimum atomic E-state index is -0.719. The van der Waals surface area contributed by atoms with Crippen LogP contribution in [0.4, 0.5) is 0 Å². The lowest BCUT2D eigenvalue weighted by Gasteiger charge is -2.25. The summed E-state index contributed by atoms with van der Waals surface area (Å²) in [6, 6.07) is 5.58. The molecule has 2 heterocycles. The van der Waals surface area contributed by atoms with Crippen molar-refractivity contribution < 1.29 is 14.6 Å². The summed E-state index contributed by atoms with van der Waals surface area (Å²) in [5, 5.41) is 9.21. The Bertz CT molecular complexity index is 570. The fourth-order valence-corrected chi connectivity index (χ4v) is 3.22. The zero-order valence-electron chi connectivity index (χ0n) is 11.0. The summed E-state index contributed by atoms with van der Waals surface area (Å²) in [7, 11) is 0. The van der Waals surface area contributed by atoms with Crippen LogP contribution in [-0.4, -0.2) is 41.7 Å². The Labute approximate surface area is 126 Å². The number of aliphatic carboxylic acids is 1. The molecule has 1 fully saturated rings. The third-order valence-electron chi connectivity index (χ3n) is 3.80. The number of ether oxygens (including phenoxy) is 1. The Morgan fingerprint density at radius 1 is 1.50 bits per heavy atom. The molecular formula is C15H16BrNO3. The van der Waals surface area contributed by atoms with Gasteiger partial charge < -0.3 is 9.84 Å². The molecule has 1 N–H and O–H groups in total. The van der Waals surface area contributed by atoms with Crippen molar-refractivity contribution in [2.75, 3.05) is 19.7 Å². The third kappa shape index (κ3) is 2.74. The average Bonchev–Trinajstić information content (AvgIpc) is 2.86. The highest BCUT2D eigenvalue weighted by Crippen LogP contribution is 2.30. The smallest absolute Gasteiger partial charge is 0.320 e. The number of rotatable bonds is 3. The van der Waals surface area contributed by atoms with Gasteiger partial charge in [0.2, 0.25) is 0 Å². The molecule has 1 aromatic rings. The summed E-state index contributed by atoms with van der Waals surface area (Å²) in [5.74, 6) is 0.163. The van der Waals surface area contributed by atoms with Gasteiger partial charge in [-0.3, -0.25) is 9.69 Å². The first-order chi connectivity index (χ1) is 9.63. The number of halogens is 1. The molecule has 5 heteroatoms. The van der Waals surface area contributed by atoms with Crippen molar-refractivity contribution in [3.05, 3.63) is 33.8 Å². The summed E-state index contributed by atoms with van der Waals surface area (Å²) >= 11 is 3.45. The molecule has 1 aromatic carbocycles. The van der Waals surface area contributed by atoms with Crippen LogP contribution in [-0.2, 0) is 4.79 Å². The molecule has 0 amide bonds. The summed E-state index contributed by atoms with van der Waals surface area (Å²) in [5.41, 5.74) is 2.18. The van der Waals surface area contributed by atoms with E-state index in [9.17, 15) is 9.90 Å². The molecule has 106 valence electrons. The maximum atomic E-state index is 11.2. The van der Waals surface area contributed by atoms with Crippen molar-refractivity contribution in [2.24, 2.45) is 0 Å². The van der Waals surface area contributed by atoms with Crippen molar-refractivity contribution in [1.29, 1.82) is 0 Å². The van der Waals surface area contributed by atoms with E-state index in [1.165, 1.54) is 0 Å². The fourth-order valence-electron chi connectivity index (χ4n) is 2.84. The molecule has 0 saturated carbocycles. The highest BCUT2D eigenvalue weighted by molar-refractivity contribution is 9.10. The molecule has 3 rings (SSSR count). The molecular weight excluding hydrogens is 322 g/mol. The first-order valence-corrected chi connectivity index (χ1v) is 7.51. The predicted molar refractivity (Wildman–Crippen MR) is 79.8 cm³/mol. The van der Waals surface area contributed by atoms with Crippen LogP contribution in [0.5, 0.6) is 5.75 Å². The van der Waals surface area contributed by atoms with Crippen LogP contribution in [0.1, 0.15) is 18.4 Å². The van der Waals surface area contributed by atoms with Gasteiger partial charge in [0.25, 0.3) is 0 Å². The standard InChI is InChI=1S/C15H16BrNO3/c16-12-3-4-14-11(7-12)6-10(9-20-14)8-17-5-1-2-13(17)15(18)19/h3-4,6-7,13H,1-2,5,8-9H2,(H,18,19)/t13-/m0/s1. The number of nitrogens with zero attached hydrogens (tertiary/aromatic N) is 1. The topological polar surface area (TPSA) is 49.8 Å². The Kier molecular flexibility index (Phi) is 3.81. The number of fused-ring (bicyclic) bond motifs is 1. The van der Waals surface area contributed by atoms with Crippen LogP contribution in [0.25, 0.3) is 6.08 Å². The Morgan fingerprint density at radius 3 is 3.15 bits per heavy atom. The number of carbonyl (C=O) groups is 1. The van der Waals surface area contributed by atoms with Gasteiger partial charge in [0.05, 0.1) is 0 Å². The minimum Gasteiger partial charge on any atom is -0.489 e. The van der Waals surface area contributed by atoms with Crippen molar-refractivity contribution >= 4 is 28.0 Å². The molecule has 1 atom stereocenters. The largest absolute Gasteiger partial charge is 0.489 e. The van der Waals surface area contributed by atoms with E-state index in [2.05, 4.69) is 22.0 Å². The van der Waals surface area contributed by atoms with Gasteiger partial charge in [0.1, 0.15) is 18.4 Å². The zero-order valence-corrected chi connectivity index (χ0v) is 12.6. The van der Waals surface area contributed by atoms with Gasteiger partial charge in [-0.25, -0.2) is 0 Å². The maximum absolute atomic E-state index is 11.2. The second-order valence-corrected chi connectivity index (χ2v) is 6.16. The van der Waals surface area contributed by atoms with E-state index in [0.717, 1.165) is 40.7 Å². The maximum Gasteiger partial charge on any atom is 0.320 e. The normalized spacial score (nSPS) is 22.1. The van der Waals surface area contributed by atoms with Crippen LogP contribution in [0.3, 0.4) is 0 Å². The molecule has 4 nitrogen and oxygen atoms in total. The van der Waals surface area contributed by atoms with Crippen LogP contribution < -0.4 is 4.74 Å². The summed E-state index contributed by atoms with van der Waals surface area (Å²) in [6.45, 7) is 2.06. The fraction of sp³-hybridized carbons (Fsp3) is 0.400. The molecule has 0 bridgehead atoms. The molecule has 1 saturated heterocycles. The lowest BCUT2D eigenvalue weighted by Crippen LogP contribution is -2.38. The second kappa shape index (κ2) is 5.58. The summed E-state index contributed by atoms with van der Waals surface area (Å²) in [4.78, 5) is 13.2. The van der Waals surface area contributed by atoms with Gasteiger partial charge in [-0.1, -0.05) is 15.9 Å². The number of hydrogen-bond acceptors (Lipinski definition) is 3. The van der Waals surface area contributed by atoms with E-state index in [0.29, 0.717) is 13.2 Å². The van der Waals surface area contributed by atoms with Crippen molar-refractivity contribution in [3.8, 4) is 5.75 Å². The van der Waals surface area contributed by atoms with Crippen molar-refractivity contribution in [3.63, 3.8) is 0 Å². The lowest BCUT2D eigenvalue weighted by atomic mass is 10.1. The third-order valence-corrected chi connectivity index (χ3v) is 4.29. The lowest BCUT2D eigenvalue weighted by molar-refractivity contribution is -0.142. The van der Waals surface area contributed by atoms with Crippen LogP contribution in [0.2, 0.25) is 0 Å². The molecule has 0 spiro atoms. The SMILES string of the molecule is O=C(O)[C@@H]1CCCN1CC1=Cc2cc(Br)ccc2OC1. The van der Waals surface area contributed by atoms with E-state index >= 15 is 0 Å². The van der Waals surface area contributed by atoms with Gasteiger partial charge in [-0.15, -0.1) is 0 Å². The van der Waals surface area contributed by atoms with E-state index in [4.69, 9.17) is 4.74 Å². The number of likely N-dealkylation sites (tertiary alicyclic amines) is 1. The monoisotopic (exact) mass is 337 g/mol. The summed E-state index contributed by atoms with van der Waals surface area (Å²) < 4.78 is 6.75. The van der Waals surface area contributed by atoms with E-state index < -0.39 is 5.97 Å². The number of hydrogen-bond donors (Lipinski definition) is 1. The quantitative estimate of drug-likeness (QED) is 0.921. The molecule has 0 unspecified atom stereocenters. The molecule has 20 heavy (non-hydrogen) atoms. The van der Waals surface area contributed by atoms with E-state index in [-0.39, 0.29) is 6.04 Å². The van der Waals surface area contributed by atoms with Gasteiger partial charge >= 0.3 is 5.97 Å². The first kappa shape index (κ1) is 13.6. The van der Waals surface area contributed by atoms with E-state index in [1.807, 2.05) is 23.1 Å². The minimum absolute atomic E-state index is 0.347. The average molecular weight is 338 g/mol. The molecule has 2 aliphatic heterocycles. The van der Waals surface area contributed by atoms with E-state index in [1.54, 1.807) is 0 Å². The van der Waals surface area contributed by atoms with Gasteiger partial charge in [0, 0.05) is 16.6 Å². The summed E-state index contributed by atoms with van der Waals surface area (Å²) in [6.07, 6.45) is 3.81. The van der Waals surface area contributed by atoms with Crippen molar-refractivity contribution in [1.82, 2.24) is 4.90 Å². The second-order valence-electron chi connectivity index (χ2n) is 5.24. The molecule has 2 aliphatic rings. The first-order valence-electron chi connectivity index (χ1n) is 6.72. The van der Waals surface area contributed by atoms with Crippen LogP contribution >= 0.6 is 15.9 Å². The number of benzene rings is 1. The number of carboxylic acids is 1. The predicted octanol–water partition coefficient (Wildman–Crippen LogP) is 2.77. The van der Waals surface area contributed by atoms with Crippen molar-refractivity contribution in [2.45, 2.75) is 18.9 Å². The molecule has 0 radical (unpaired) electrons. The number of carboxylic acid groups (broad SMARTS) is 1. The van der Waals surface area contributed by atoms with Gasteiger partial charge in [-0.05, 0) is 49.2 Å². The van der Waals surface area contributed by atoms with Gasteiger partial charge in [0.15, 0.2) is 0 Å². The molecule has 0 aromatic heterocycles. The Morgan fingerprint density at radius 2 is 2.35 bits per heavy atom. The Balaban J connectivity index is 1.77. The van der Waals surface area contributed by atoms with Crippen LogP contribution in [0, 0.1) is 0 Å². The van der Waals surface area contributed by atoms with Gasteiger partial charge in [-0.2, -0.15) is 0 Å². The highest BCUT2D eigenvalue weighted by Gasteiger charge is 2.31.